The van der Waals surface area contributed by atoms with Gasteiger partial charge in [-0.25, -0.2) is 8.42 Å². The molecule has 0 N–H and O–H groups in total. The van der Waals surface area contributed by atoms with Crippen molar-refractivity contribution in [2.45, 2.75) is 37.6 Å². The molecule has 0 aliphatic carbocycles. The molecular formula is C14H18ClNO3S. The van der Waals surface area contributed by atoms with Crippen LogP contribution in [0.4, 0.5) is 0 Å². The maximum atomic E-state index is 11.8. The summed E-state index contributed by atoms with van der Waals surface area (Å²) in [6, 6.07) is 5.47. The topological polar surface area (TPSA) is 48.3 Å². The lowest BCUT2D eigenvalue weighted by molar-refractivity contribution is 0.419. The van der Waals surface area contributed by atoms with E-state index in [1.807, 2.05) is 16.7 Å². The number of ether oxygens (including phenoxy) is 1. The van der Waals surface area contributed by atoms with Gasteiger partial charge in [-0.15, -0.1) is 0 Å². The first-order chi connectivity index (χ1) is 9.49. The van der Waals surface area contributed by atoms with Gasteiger partial charge in [-0.05, 0) is 18.6 Å². The third kappa shape index (κ3) is 2.94. The predicted molar refractivity (Wildman–Crippen MR) is 81.1 cm³/mol. The molecule has 0 unspecified atom stereocenters. The first kappa shape index (κ1) is 15.2. The number of aryl methyl sites for hydroxylation is 1. The number of benzene rings is 1. The summed E-state index contributed by atoms with van der Waals surface area (Å²) in [6.45, 7) is 2.90. The molecule has 0 fully saturated rings. The second-order valence-electron chi connectivity index (χ2n) is 4.69. The molecule has 0 saturated carbocycles. The fraction of sp³-hybridized carbons (Fsp3) is 0.429. The fourth-order valence-corrected chi connectivity index (χ4v) is 3.41. The number of hydrogen-bond acceptors (Lipinski definition) is 3. The average molecular weight is 316 g/mol. The highest BCUT2D eigenvalue weighted by molar-refractivity contribution is 8.14. The van der Waals surface area contributed by atoms with E-state index in [0.717, 1.165) is 31.3 Å². The Hall–Kier alpha value is -1.20. The largest absolute Gasteiger partial charge is 0.496 e. The van der Waals surface area contributed by atoms with Gasteiger partial charge < -0.3 is 9.30 Å². The number of methoxy groups -OCH3 is 1. The van der Waals surface area contributed by atoms with Crippen molar-refractivity contribution in [1.82, 2.24) is 4.57 Å². The van der Waals surface area contributed by atoms with Gasteiger partial charge in [0.1, 0.15) is 10.6 Å². The van der Waals surface area contributed by atoms with Crippen LogP contribution in [0.5, 0.6) is 5.75 Å². The van der Waals surface area contributed by atoms with Gasteiger partial charge in [0.2, 0.25) is 0 Å². The monoisotopic (exact) mass is 315 g/mol. The zero-order chi connectivity index (χ0) is 14.8. The van der Waals surface area contributed by atoms with Crippen LogP contribution in [0, 0.1) is 0 Å². The maximum absolute atomic E-state index is 11.8. The van der Waals surface area contributed by atoms with Crippen molar-refractivity contribution in [1.29, 1.82) is 0 Å². The number of fused-ring (bicyclic) bond motifs is 1. The van der Waals surface area contributed by atoms with E-state index in [9.17, 15) is 8.42 Å². The molecule has 0 amide bonds. The molecule has 2 aromatic rings. The molecule has 0 radical (unpaired) electrons. The van der Waals surface area contributed by atoms with E-state index < -0.39 is 9.05 Å². The maximum Gasteiger partial charge on any atom is 0.263 e. The van der Waals surface area contributed by atoms with E-state index in [4.69, 9.17) is 15.4 Å². The van der Waals surface area contributed by atoms with Gasteiger partial charge in [0, 0.05) is 23.4 Å². The summed E-state index contributed by atoms with van der Waals surface area (Å²) >= 11 is 0. The van der Waals surface area contributed by atoms with Gasteiger partial charge >= 0.3 is 0 Å². The summed E-state index contributed by atoms with van der Waals surface area (Å²) in [5.74, 6) is 0.524. The zero-order valence-corrected chi connectivity index (χ0v) is 13.2. The molecular weight excluding hydrogens is 298 g/mol. The summed E-state index contributed by atoms with van der Waals surface area (Å²) in [4.78, 5) is 0.114. The lowest BCUT2D eigenvalue weighted by atomic mass is 10.2. The minimum atomic E-state index is -3.80. The van der Waals surface area contributed by atoms with Crippen molar-refractivity contribution in [3.8, 4) is 5.75 Å². The van der Waals surface area contributed by atoms with Crippen LogP contribution in [0.2, 0.25) is 0 Å². The number of aromatic nitrogens is 1. The first-order valence-corrected chi connectivity index (χ1v) is 8.90. The van der Waals surface area contributed by atoms with Gasteiger partial charge in [0.05, 0.1) is 18.0 Å². The molecule has 110 valence electrons. The molecule has 20 heavy (non-hydrogen) atoms. The minimum Gasteiger partial charge on any atom is -0.496 e. The number of unbranched alkanes of at least 4 members (excludes halogenated alkanes) is 2. The Balaban J connectivity index is 2.61. The van der Waals surface area contributed by atoms with Crippen LogP contribution in [-0.4, -0.2) is 20.1 Å². The van der Waals surface area contributed by atoms with Gasteiger partial charge in [0.25, 0.3) is 9.05 Å². The van der Waals surface area contributed by atoms with Crippen molar-refractivity contribution in [2.75, 3.05) is 7.11 Å². The Morgan fingerprint density at radius 1 is 1.30 bits per heavy atom. The van der Waals surface area contributed by atoms with Crippen molar-refractivity contribution >= 4 is 30.6 Å². The molecule has 0 aliphatic heterocycles. The van der Waals surface area contributed by atoms with E-state index in [2.05, 4.69) is 6.92 Å². The standard InChI is InChI=1S/C14H18ClNO3S/c1-3-4-5-9-16-10-13(20(15,17)18)14-11(16)7-6-8-12(14)19-2/h6-8,10H,3-5,9H2,1-2H3. The van der Waals surface area contributed by atoms with E-state index in [1.54, 1.807) is 12.3 Å². The molecule has 4 nitrogen and oxygen atoms in total. The summed E-state index contributed by atoms with van der Waals surface area (Å²) in [7, 11) is 3.27. The molecule has 0 spiro atoms. The first-order valence-electron chi connectivity index (χ1n) is 6.59. The second kappa shape index (κ2) is 6.06. The van der Waals surface area contributed by atoms with E-state index in [-0.39, 0.29) is 4.90 Å². The van der Waals surface area contributed by atoms with Gasteiger partial charge in [-0.1, -0.05) is 25.8 Å². The van der Waals surface area contributed by atoms with Crippen LogP contribution in [0.3, 0.4) is 0 Å². The lowest BCUT2D eigenvalue weighted by Crippen LogP contribution is -1.96. The van der Waals surface area contributed by atoms with Crippen LogP contribution in [0.25, 0.3) is 10.9 Å². The van der Waals surface area contributed by atoms with Crippen LogP contribution in [0.1, 0.15) is 26.2 Å². The van der Waals surface area contributed by atoms with Crippen molar-refractivity contribution < 1.29 is 13.2 Å². The Bertz CT molecular complexity index is 707. The Labute approximate surface area is 123 Å². The molecule has 0 aliphatic rings. The van der Waals surface area contributed by atoms with Gasteiger partial charge in [-0.3, -0.25) is 0 Å². The molecule has 1 aromatic carbocycles. The molecule has 1 aromatic heterocycles. The summed E-state index contributed by atoms with van der Waals surface area (Å²) in [5.41, 5.74) is 0.833. The minimum absolute atomic E-state index is 0.114. The second-order valence-corrected chi connectivity index (χ2v) is 7.22. The average Bonchev–Trinajstić information content (AvgIpc) is 2.78. The van der Waals surface area contributed by atoms with Crippen molar-refractivity contribution in [3.63, 3.8) is 0 Å². The van der Waals surface area contributed by atoms with Crippen molar-refractivity contribution in [3.05, 3.63) is 24.4 Å². The number of nitrogens with zero attached hydrogens (tertiary/aromatic N) is 1. The van der Waals surface area contributed by atoms with Crippen LogP contribution in [0.15, 0.2) is 29.3 Å². The highest BCUT2D eigenvalue weighted by Gasteiger charge is 2.21. The van der Waals surface area contributed by atoms with E-state index in [0.29, 0.717) is 11.1 Å². The Morgan fingerprint density at radius 2 is 2.05 bits per heavy atom. The lowest BCUT2D eigenvalue weighted by Gasteiger charge is -2.06. The normalized spacial score (nSPS) is 11.9. The number of hydrogen-bond donors (Lipinski definition) is 0. The predicted octanol–water partition coefficient (Wildman–Crippen LogP) is 3.77. The van der Waals surface area contributed by atoms with Gasteiger partial charge in [0.15, 0.2) is 0 Å². The third-order valence-electron chi connectivity index (χ3n) is 3.32. The Kier molecular flexibility index (Phi) is 4.60. The molecule has 0 saturated heterocycles. The number of rotatable bonds is 6. The van der Waals surface area contributed by atoms with E-state index >= 15 is 0 Å². The Morgan fingerprint density at radius 3 is 2.65 bits per heavy atom. The summed E-state index contributed by atoms with van der Waals surface area (Å²) in [5, 5.41) is 0.557. The van der Waals surface area contributed by atoms with Crippen LogP contribution in [-0.2, 0) is 15.6 Å². The third-order valence-corrected chi connectivity index (χ3v) is 4.65. The quantitative estimate of drug-likeness (QED) is 0.602. The summed E-state index contributed by atoms with van der Waals surface area (Å²) in [6.07, 6.45) is 4.82. The highest BCUT2D eigenvalue weighted by Crippen LogP contribution is 2.35. The summed E-state index contributed by atoms with van der Waals surface area (Å²) < 4.78 is 30.7. The molecule has 0 atom stereocenters. The molecule has 6 heteroatoms. The molecule has 0 bridgehead atoms. The molecule has 1 heterocycles. The van der Waals surface area contributed by atoms with E-state index in [1.165, 1.54) is 7.11 Å². The molecule has 2 rings (SSSR count). The van der Waals surface area contributed by atoms with Crippen LogP contribution < -0.4 is 4.74 Å². The highest BCUT2D eigenvalue weighted by atomic mass is 35.7. The van der Waals surface area contributed by atoms with Crippen LogP contribution >= 0.6 is 10.7 Å². The number of halogens is 1. The zero-order valence-electron chi connectivity index (χ0n) is 11.6. The SMILES string of the molecule is CCCCCn1cc(S(=O)(=O)Cl)c2c(OC)cccc21. The van der Waals surface area contributed by atoms with Gasteiger partial charge in [-0.2, -0.15) is 0 Å². The fourth-order valence-electron chi connectivity index (χ4n) is 2.35. The smallest absolute Gasteiger partial charge is 0.263 e. The van der Waals surface area contributed by atoms with Crippen molar-refractivity contribution in [2.24, 2.45) is 0 Å².